The van der Waals surface area contributed by atoms with Gasteiger partial charge in [0, 0.05) is 54.5 Å². The Morgan fingerprint density at radius 2 is 0.657 bits per heavy atom. The molecule has 16 rings (SSSR count). The first-order chi connectivity index (χ1) is 33.2. The first kappa shape index (κ1) is 35.4. The van der Waals surface area contributed by atoms with Crippen LogP contribution in [0.1, 0.15) is 0 Å². The van der Waals surface area contributed by atoms with Gasteiger partial charge < -0.3 is 13.5 Å². The van der Waals surface area contributed by atoms with Crippen LogP contribution in [0, 0.1) is 0 Å². The topological polar surface area (TPSA) is 14.3 Å². The quantitative estimate of drug-likeness (QED) is 0.157. The minimum absolute atomic E-state index is 1.16. The van der Waals surface area contributed by atoms with E-state index in [0.717, 1.165) is 5.69 Å². The molecule has 0 aliphatic heterocycles. The smallest absolute Gasteiger partial charge is 0.0620 e. The Hall–Kier alpha value is -8.92. The van der Waals surface area contributed by atoms with Crippen molar-refractivity contribution in [2.24, 2.45) is 0 Å². The molecular formula is C64H37N3. The molecule has 67 heavy (non-hydrogen) atoms. The molecule has 12 aromatic carbocycles. The average molecular weight is 848 g/mol. The molecule has 0 unspecified atom stereocenters. The maximum atomic E-state index is 2.47. The van der Waals surface area contributed by atoms with Gasteiger partial charge in [-0.1, -0.05) is 158 Å². The van der Waals surface area contributed by atoms with Crippen LogP contribution in [0.2, 0.25) is 0 Å². The molecule has 308 valence electrons. The van der Waals surface area contributed by atoms with Crippen LogP contribution in [0.4, 0.5) is 0 Å². The van der Waals surface area contributed by atoms with E-state index in [9.17, 15) is 0 Å². The van der Waals surface area contributed by atoms with E-state index in [1.165, 1.54) is 142 Å². The Balaban J connectivity index is 0.788. The van der Waals surface area contributed by atoms with Crippen LogP contribution in [0.15, 0.2) is 224 Å². The Labute approximate surface area is 383 Å². The molecule has 3 heteroatoms. The molecule has 16 aromatic rings. The van der Waals surface area contributed by atoms with Crippen molar-refractivity contribution in [1.29, 1.82) is 0 Å². The van der Waals surface area contributed by atoms with Gasteiger partial charge in [0.2, 0.25) is 0 Å². The van der Waals surface area contributed by atoms with Crippen molar-refractivity contribution in [3.05, 3.63) is 224 Å². The van der Waals surface area contributed by atoms with Gasteiger partial charge in [-0.2, -0.15) is 0 Å². The Morgan fingerprint density at radius 3 is 1.25 bits per heavy atom. The zero-order valence-electron chi connectivity index (χ0n) is 36.2. The number of rotatable bonds is 4. The van der Waals surface area contributed by atoms with E-state index in [1.54, 1.807) is 0 Å². The summed E-state index contributed by atoms with van der Waals surface area (Å²) in [6.45, 7) is 0. The molecule has 0 fully saturated rings. The summed E-state index contributed by atoms with van der Waals surface area (Å²) in [7, 11) is 0. The molecule has 0 saturated heterocycles. The highest BCUT2D eigenvalue weighted by Gasteiger charge is 2.20. The van der Waals surface area contributed by atoms with Crippen LogP contribution in [-0.4, -0.2) is 13.5 Å². The molecule has 0 aliphatic carbocycles. The number of fused-ring (bicyclic) bond motifs is 12. The van der Waals surface area contributed by atoms with Crippen molar-refractivity contribution < 1.29 is 0 Å². The first-order valence-electron chi connectivity index (χ1n) is 23.2. The number of aromatic nitrogens is 3. The van der Waals surface area contributed by atoms with E-state index < -0.39 is 0 Å². The van der Waals surface area contributed by atoms with Crippen LogP contribution in [0.5, 0.6) is 0 Å². The fraction of sp³-hybridized carbons (Fsp3) is 0. The highest BCUT2D eigenvalue weighted by atomic mass is 15.0. The maximum absolute atomic E-state index is 2.47. The van der Waals surface area contributed by atoms with Gasteiger partial charge in [0.05, 0.1) is 38.6 Å². The van der Waals surface area contributed by atoms with E-state index in [-0.39, 0.29) is 0 Å². The van der Waals surface area contributed by atoms with E-state index >= 15 is 0 Å². The van der Waals surface area contributed by atoms with Gasteiger partial charge in [-0.15, -0.1) is 0 Å². The van der Waals surface area contributed by atoms with Crippen molar-refractivity contribution in [3.63, 3.8) is 0 Å². The Kier molecular flexibility index (Phi) is 6.81. The molecule has 0 bridgehead atoms. The molecule has 0 radical (unpaired) electrons. The molecule has 0 aliphatic rings. The second-order valence-corrected chi connectivity index (χ2v) is 18.5. The van der Waals surface area contributed by atoms with E-state index in [2.05, 4.69) is 238 Å². The molecule has 0 amide bonds. The van der Waals surface area contributed by atoms with Crippen LogP contribution < -0.4 is 0 Å². The first-order valence-corrected chi connectivity index (χ1v) is 23.2. The predicted octanol–water partition coefficient (Wildman–Crippen LogP) is 17.3. The molecule has 0 N–H and O–H groups in total. The van der Waals surface area contributed by atoms with E-state index in [4.69, 9.17) is 0 Å². The predicted molar refractivity (Wildman–Crippen MR) is 284 cm³/mol. The average Bonchev–Trinajstić information content (AvgIpc) is 4.12. The molecular weight excluding hydrogens is 811 g/mol. The molecule has 0 atom stereocenters. The van der Waals surface area contributed by atoms with Gasteiger partial charge in [-0.25, -0.2) is 0 Å². The number of benzene rings is 12. The molecule has 0 saturated carbocycles. The Morgan fingerprint density at radius 1 is 0.224 bits per heavy atom. The molecule has 0 spiro atoms. The SMILES string of the molecule is c1cc2ccc3cc(-n4c5ccccc5c5cc(-c6ccc(-c7ccc8c(c7)c7ccccc7n8-c7ccc8c9cccc%10c%11ccccc%11n(c8c7)c%109)cc6)ccc54)cc4ccc(c1)c2c34. The fourth-order valence-corrected chi connectivity index (χ4v) is 12.1. The number of nitrogens with zero attached hydrogens (tertiary/aromatic N) is 3. The summed E-state index contributed by atoms with van der Waals surface area (Å²) in [6, 6.07) is 83.8. The van der Waals surface area contributed by atoms with E-state index in [1.807, 2.05) is 0 Å². The van der Waals surface area contributed by atoms with Gasteiger partial charge in [0.25, 0.3) is 0 Å². The van der Waals surface area contributed by atoms with Gasteiger partial charge in [0.1, 0.15) is 0 Å². The zero-order valence-corrected chi connectivity index (χ0v) is 36.2. The number of para-hydroxylation sites is 4. The molecule has 4 heterocycles. The van der Waals surface area contributed by atoms with Crippen molar-refractivity contribution in [2.45, 2.75) is 0 Å². The second-order valence-electron chi connectivity index (χ2n) is 18.5. The summed E-state index contributed by atoms with van der Waals surface area (Å²) in [5, 5.41) is 18.0. The summed E-state index contributed by atoms with van der Waals surface area (Å²) in [4.78, 5) is 0. The third-order valence-electron chi connectivity index (χ3n) is 15.1. The summed E-state index contributed by atoms with van der Waals surface area (Å²) in [5.74, 6) is 0. The lowest BCUT2D eigenvalue weighted by molar-refractivity contribution is 1.18. The Bertz CT molecular complexity index is 4670. The minimum Gasteiger partial charge on any atom is -0.309 e. The monoisotopic (exact) mass is 847 g/mol. The van der Waals surface area contributed by atoms with Crippen LogP contribution in [0.25, 0.3) is 148 Å². The standard InChI is InChI=1S/C64H37N3/c1-6-18-58-48(11-1)52-14-8-15-53-51-30-29-46(37-61(51)67(58)64(52)53)65-56-16-4-2-12-49(56)54-35-42(27-31-59(54)65)38-19-21-39(22-20-38)43-28-32-60-55(36-43)50-13-3-5-17-57(50)66(60)47-33-44-25-23-40-9-7-10-41-24-26-45(34-47)63(44)62(40)41/h1-37H. The van der Waals surface area contributed by atoms with Crippen molar-refractivity contribution in [1.82, 2.24) is 13.5 Å². The van der Waals surface area contributed by atoms with Crippen LogP contribution in [0.3, 0.4) is 0 Å². The lowest BCUT2D eigenvalue weighted by Crippen LogP contribution is -1.95. The van der Waals surface area contributed by atoms with Gasteiger partial charge in [-0.3, -0.25) is 0 Å². The van der Waals surface area contributed by atoms with Gasteiger partial charge in [-0.05, 0) is 121 Å². The maximum Gasteiger partial charge on any atom is 0.0620 e. The second kappa shape index (κ2) is 12.9. The highest BCUT2D eigenvalue weighted by Crippen LogP contribution is 2.43. The fourth-order valence-electron chi connectivity index (χ4n) is 12.1. The number of hydrogen-bond donors (Lipinski definition) is 0. The zero-order chi connectivity index (χ0) is 43.5. The third-order valence-corrected chi connectivity index (χ3v) is 15.1. The summed E-state index contributed by atoms with van der Waals surface area (Å²) in [6.07, 6.45) is 0. The summed E-state index contributed by atoms with van der Waals surface area (Å²) >= 11 is 0. The third kappa shape index (κ3) is 4.74. The van der Waals surface area contributed by atoms with Crippen molar-refractivity contribution in [3.8, 4) is 33.6 Å². The van der Waals surface area contributed by atoms with Gasteiger partial charge >= 0.3 is 0 Å². The lowest BCUT2D eigenvalue weighted by Gasteiger charge is -2.14. The van der Waals surface area contributed by atoms with Crippen LogP contribution in [-0.2, 0) is 0 Å². The van der Waals surface area contributed by atoms with Crippen molar-refractivity contribution >= 4 is 114 Å². The molecule has 3 nitrogen and oxygen atoms in total. The highest BCUT2D eigenvalue weighted by molar-refractivity contribution is 6.25. The normalized spacial score (nSPS) is 12.5. The lowest BCUT2D eigenvalue weighted by atomic mass is 9.94. The van der Waals surface area contributed by atoms with E-state index in [0.29, 0.717) is 0 Å². The minimum atomic E-state index is 1.16. The summed E-state index contributed by atoms with van der Waals surface area (Å²) in [5.41, 5.74) is 15.8. The van der Waals surface area contributed by atoms with Crippen molar-refractivity contribution in [2.75, 3.05) is 0 Å². The molecule has 4 aromatic heterocycles. The van der Waals surface area contributed by atoms with Gasteiger partial charge in [0.15, 0.2) is 0 Å². The number of hydrogen-bond acceptors (Lipinski definition) is 0. The summed E-state index contributed by atoms with van der Waals surface area (Å²) < 4.78 is 7.36. The van der Waals surface area contributed by atoms with Crippen LogP contribution >= 0.6 is 0 Å². The largest absolute Gasteiger partial charge is 0.309 e.